The molecule has 1 N–H and O–H groups in total. The van der Waals surface area contributed by atoms with Gasteiger partial charge >= 0.3 is 6.18 Å². The van der Waals surface area contributed by atoms with Gasteiger partial charge in [-0.1, -0.05) is 0 Å². The summed E-state index contributed by atoms with van der Waals surface area (Å²) in [5.41, 5.74) is 0. The highest BCUT2D eigenvalue weighted by Crippen LogP contribution is 2.15. The molecule has 0 aromatic heterocycles. The number of hydrogen-bond donors (Lipinski definition) is 1. The molecule has 0 saturated carbocycles. The molecular formula is C13H23F3N4O2. The van der Waals surface area contributed by atoms with Crippen LogP contribution in [0, 0.1) is 5.92 Å². The van der Waals surface area contributed by atoms with Gasteiger partial charge in [0.1, 0.15) is 6.54 Å². The minimum absolute atomic E-state index is 0.231. The summed E-state index contributed by atoms with van der Waals surface area (Å²) in [5.74, 6) is 0.226. The summed E-state index contributed by atoms with van der Waals surface area (Å²) in [4.78, 5) is 18.2. The van der Waals surface area contributed by atoms with Crippen LogP contribution in [-0.2, 0) is 9.53 Å². The Balaban J connectivity index is 2.40. The van der Waals surface area contributed by atoms with Crippen molar-refractivity contribution in [2.45, 2.75) is 12.6 Å². The van der Waals surface area contributed by atoms with Crippen molar-refractivity contribution in [1.82, 2.24) is 15.1 Å². The first-order valence-corrected chi connectivity index (χ1v) is 7.03. The first kappa shape index (κ1) is 18.5. The largest absolute Gasteiger partial charge is 0.406 e. The summed E-state index contributed by atoms with van der Waals surface area (Å²) >= 11 is 0. The van der Waals surface area contributed by atoms with E-state index in [1.807, 2.05) is 11.9 Å². The SMILES string of the molecule is CN=C(NCC(=O)N(C)CC(F)(F)F)N(C)CC1CCOC1. The molecule has 1 heterocycles. The van der Waals surface area contributed by atoms with Crippen LogP contribution in [0.15, 0.2) is 4.99 Å². The minimum Gasteiger partial charge on any atom is -0.381 e. The van der Waals surface area contributed by atoms with Gasteiger partial charge < -0.3 is 19.9 Å². The van der Waals surface area contributed by atoms with Gasteiger partial charge in [0.25, 0.3) is 0 Å². The maximum atomic E-state index is 12.2. The van der Waals surface area contributed by atoms with E-state index in [0.29, 0.717) is 29.9 Å². The van der Waals surface area contributed by atoms with Crippen molar-refractivity contribution in [3.05, 3.63) is 0 Å². The van der Waals surface area contributed by atoms with Crippen LogP contribution in [0.4, 0.5) is 13.2 Å². The average Bonchev–Trinajstić information content (AvgIpc) is 2.89. The number of likely N-dealkylation sites (N-methyl/N-ethyl adjacent to an activating group) is 1. The minimum atomic E-state index is -4.40. The number of halogens is 3. The molecule has 0 aromatic carbocycles. The van der Waals surface area contributed by atoms with E-state index in [9.17, 15) is 18.0 Å². The summed E-state index contributed by atoms with van der Waals surface area (Å²) in [7, 11) is 4.51. The van der Waals surface area contributed by atoms with Crippen molar-refractivity contribution in [3.8, 4) is 0 Å². The maximum absolute atomic E-state index is 12.2. The van der Waals surface area contributed by atoms with Crippen LogP contribution >= 0.6 is 0 Å². The average molecular weight is 324 g/mol. The number of guanidine groups is 1. The van der Waals surface area contributed by atoms with E-state index in [2.05, 4.69) is 10.3 Å². The lowest BCUT2D eigenvalue weighted by Gasteiger charge is -2.25. The van der Waals surface area contributed by atoms with Crippen LogP contribution in [0.1, 0.15) is 6.42 Å². The van der Waals surface area contributed by atoms with E-state index in [1.54, 1.807) is 7.05 Å². The van der Waals surface area contributed by atoms with Crippen LogP contribution in [0.25, 0.3) is 0 Å². The second kappa shape index (κ2) is 8.21. The molecule has 0 aromatic rings. The highest BCUT2D eigenvalue weighted by Gasteiger charge is 2.31. The summed E-state index contributed by atoms with van der Waals surface area (Å²) in [6.45, 7) is 0.651. The molecule has 0 radical (unpaired) electrons. The number of ether oxygens (including phenoxy) is 1. The van der Waals surface area contributed by atoms with Gasteiger partial charge in [-0.05, 0) is 6.42 Å². The fourth-order valence-electron chi connectivity index (χ4n) is 2.23. The predicted molar refractivity (Wildman–Crippen MR) is 76.6 cm³/mol. The Morgan fingerprint density at radius 3 is 2.55 bits per heavy atom. The first-order valence-electron chi connectivity index (χ1n) is 7.03. The van der Waals surface area contributed by atoms with Crippen molar-refractivity contribution < 1.29 is 22.7 Å². The molecule has 6 nitrogen and oxygen atoms in total. The van der Waals surface area contributed by atoms with Gasteiger partial charge in [0.2, 0.25) is 5.91 Å². The van der Waals surface area contributed by atoms with Crippen molar-refractivity contribution in [1.29, 1.82) is 0 Å². The summed E-state index contributed by atoms with van der Waals surface area (Å²) in [6, 6.07) is 0. The van der Waals surface area contributed by atoms with E-state index in [0.717, 1.165) is 20.1 Å². The first-order chi connectivity index (χ1) is 10.2. The third-order valence-electron chi connectivity index (χ3n) is 3.37. The smallest absolute Gasteiger partial charge is 0.381 e. The van der Waals surface area contributed by atoms with Crippen molar-refractivity contribution in [2.75, 3.05) is 54.0 Å². The molecular weight excluding hydrogens is 301 g/mol. The molecule has 1 rings (SSSR count). The van der Waals surface area contributed by atoms with E-state index >= 15 is 0 Å². The highest BCUT2D eigenvalue weighted by atomic mass is 19.4. The van der Waals surface area contributed by atoms with Gasteiger partial charge in [-0.3, -0.25) is 9.79 Å². The number of alkyl halides is 3. The van der Waals surface area contributed by atoms with Gasteiger partial charge in [-0.15, -0.1) is 0 Å². The third-order valence-corrected chi connectivity index (χ3v) is 3.37. The van der Waals surface area contributed by atoms with E-state index < -0.39 is 18.6 Å². The quantitative estimate of drug-likeness (QED) is 0.593. The number of nitrogens with one attached hydrogen (secondary N) is 1. The zero-order valence-electron chi connectivity index (χ0n) is 13.1. The van der Waals surface area contributed by atoms with Crippen LogP contribution < -0.4 is 5.32 Å². The Morgan fingerprint density at radius 2 is 2.05 bits per heavy atom. The van der Waals surface area contributed by atoms with Crippen LogP contribution in [0.3, 0.4) is 0 Å². The van der Waals surface area contributed by atoms with Crippen molar-refractivity contribution in [3.63, 3.8) is 0 Å². The molecule has 0 bridgehead atoms. The number of aliphatic imine (C=N–C) groups is 1. The predicted octanol–water partition coefficient (Wildman–Crippen LogP) is 0.551. The zero-order chi connectivity index (χ0) is 16.8. The van der Waals surface area contributed by atoms with Crippen LogP contribution in [0.5, 0.6) is 0 Å². The molecule has 22 heavy (non-hydrogen) atoms. The highest BCUT2D eigenvalue weighted by molar-refractivity contribution is 5.86. The second-order valence-electron chi connectivity index (χ2n) is 5.38. The van der Waals surface area contributed by atoms with E-state index in [4.69, 9.17) is 4.74 Å². The lowest BCUT2D eigenvalue weighted by molar-refractivity contribution is -0.157. The fourth-order valence-corrected chi connectivity index (χ4v) is 2.23. The van der Waals surface area contributed by atoms with Gasteiger partial charge in [-0.2, -0.15) is 13.2 Å². The zero-order valence-corrected chi connectivity index (χ0v) is 13.1. The van der Waals surface area contributed by atoms with Gasteiger partial charge in [0, 0.05) is 40.2 Å². The lowest BCUT2D eigenvalue weighted by Crippen LogP contribution is -2.47. The molecule has 1 aliphatic rings. The van der Waals surface area contributed by atoms with Gasteiger partial charge in [0.05, 0.1) is 13.2 Å². The molecule has 1 amide bonds. The molecule has 0 aliphatic carbocycles. The number of carbonyl (C=O) groups excluding carboxylic acids is 1. The Labute approximate surface area is 128 Å². The van der Waals surface area contributed by atoms with Crippen molar-refractivity contribution >= 4 is 11.9 Å². The Morgan fingerprint density at radius 1 is 1.36 bits per heavy atom. The normalized spacial score (nSPS) is 19.2. The van der Waals surface area contributed by atoms with Gasteiger partial charge in [0.15, 0.2) is 5.96 Å². The third kappa shape index (κ3) is 6.50. The maximum Gasteiger partial charge on any atom is 0.406 e. The number of carbonyl (C=O) groups is 1. The van der Waals surface area contributed by atoms with Crippen LogP contribution in [-0.4, -0.2) is 81.8 Å². The molecule has 0 spiro atoms. The molecule has 1 atom stereocenters. The summed E-state index contributed by atoms with van der Waals surface area (Å²) in [5, 5.41) is 2.79. The van der Waals surface area contributed by atoms with Crippen molar-refractivity contribution in [2.24, 2.45) is 10.9 Å². The number of amides is 1. The molecule has 1 unspecified atom stereocenters. The molecule has 1 saturated heterocycles. The summed E-state index contributed by atoms with van der Waals surface area (Å²) in [6.07, 6.45) is -3.43. The number of rotatable bonds is 5. The summed E-state index contributed by atoms with van der Waals surface area (Å²) < 4.78 is 42.0. The lowest BCUT2D eigenvalue weighted by atomic mass is 10.1. The second-order valence-corrected chi connectivity index (χ2v) is 5.38. The molecule has 1 fully saturated rings. The monoisotopic (exact) mass is 324 g/mol. The van der Waals surface area contributed by atoms with Crippen LogP contribution in [0.2, 0.25) is 0 Å². The topological polar surface area (TPSA) is 57.2 Å². The van der Waals surface area contributed by atoms with E-state index in [-0.39, 0.29) is 6.54 Å². The number of hydrogen-bond acceptors (Lipinski definition) is 3. The van der Waals surface area contributed by atoms with E-state index in [1.165, 1.54) is 0 Å². The number of nitrogens with zero attached hydrogens (tertiary/aromatic N) is 3. The Kier molecular flexibility index (Phi) is 6.92. The van der Waals surface area contributed by atoms with Gasteiger partial charge in [-0.25, -0.2) is 0 Å². The standard InChI is InChI=1S/C13H23F3N4O2/c1-17-12(19(2)7-10-4-5-22-8-10)18-6-11(21)20(3)9-13(14,15)16/h10H,4-9H2,1-3H3,(H,17,18). The molecule has 128 valence electrons. The Bertz CT molecular complexity index is 395. The fraction of sp³-hybridized carbons (Fsp3) is 0.846. The molecule has 9 heteroatoms. The Hall–Kier alpha value is -1.51. The molecule has 1 aliphatic heterocycles.